The molecular formula is C9H15BrN2O2. The average molecular weight is 263 g/mol. The summed E-state index contributed by atoms with van der Waals surface area (Å²) in [4.78, 5) is 0. The zero-order valence-corrected chi connectivity index (χ0v) is 9.74. The van der Waals surface area contributed by atoms with Crippen molar-refractivity contribution < 1.29 is 10.2 Å². The van der Waals surface area contributed by atoms with Crippen LogP contribution in [0.15, 0.2) is 10.7 Å². The summed E-state index contributed by atoms with van der Waals surface area (Å²) in [6, 6.07) is 0. The fourth-order valence-electron chi connectivity index (χ4n) is 1.38. The van der Waals surface area contributed by atoms with Crippen molar-refractivity contribution in [3.05, 3.63) is 16.4 Å². The molecule has 1 aromatic rings. The van der Waals surface area contributed by atoms with E-state index in [0.29, 0.717) is 12.8 Å². The van der Waals surface area contributed by atoms with Crippen molar-refractivity contribution in [2.45, 2.75) is 32.4 Å². The third kappa shape index (κ3) is 2.56. The minimum atomic E-state index is -0.557. The maximum Gasteiger partial charge on any atom is 0.0969 e. The van der Waals surface area contributed by atoms with Crippen LogP contribution >= 0.6 is 15.9 Å². The van der Waals surface area contributed by atoms with Crippen LogP contribution < -0.4 is 0 Å². The summed E-state index contributed by atoms with van der Waals surface area (Å²) in [6.07, 6.45) is 2.28. The zero-order chi connectivity index (χ0) is 10.6. The van der Waals surface area contributed by atoms with Crippen LogP contribution in [0.2, 0.25) is 0 Å². The number of aliphatic hydroxyl groups is 2. The minimum Gasteiger partial charge on any atom is -0.396 e. The molecule has 14 heavy (non-hydrogen) atoms. The van der Waals surface area contributed by atoms with Crippen molar-refractivity contribution in [1.29, 1.82) is 0 Å². The Labute approximate surface area is 91.7 Å². The van der Waals surface area contributed by atoms with Gasteiger partial charge in [0, 0.05) is 13.2 Å². The predicted molar refractivity (Wildman–Crippen MR) is 56.9 cm³/mol. The van der Waals surface area contributed by atoms with Crippen LogP contribution in [0, 0.1) is 0 Å². The fourth-order valence-corrected chi connectivity index (χ4v) is 1.94. The van der Waals surface area contributed by atoms with Gasteiger partial charge in [-0.25, -0.2) is 0 Å². The van der Waals surface area contributed by atoms with Crippen molar-refractivity contribution in [3.63, 3.8) is 0 Å². The highest BCUT2D eigenvalue weighted by molar-refractivity contribution is 9.10. The van der Waals surface area contributed by atoms with Gasteiger partial charge in [-0.15, -0.1) is 0 Å². The molecule has 1 rings (SSSR count). The van der Waals surface area contributed by atoms with Crippen molar-refractivity contribution in [3.8, 4) is 0 Å². The van der Waals surface area contributed by atoms with Gasteiger partial charge in [0.15, 0.2) is 0 Å². The molecule has 1 unspecified atom stereocenters. The van der Waals surface area contributed by atoms with Crippen molar-refractivity contribution in [2.75, 3.05) is 6.61 Å². The molecule has 0 aliphatic heterocycles. The largest absolute Gasteiger partial charge is 0.396 e. The second kappa shape index (κ2) is 5.48. The standard InChI is InChI=1S/C9H15BrN2O2/c1-2-12-9(7(10)6-11-12)8(14)4-3-5-13/h6,8,13-14H,2-5H2,1H3. The molecule has 1 aromatic heterocycles. The normalized spacial score (nSPS) is 13.1. The molecule has 0 aromatic carbocycles. The summed E-state index contributed by atoms with van der Waals surface area (Å²) in [7, 11) is 0. The summed E-state index contributed by atoms with van der Waals surface area (Å²) in [6.45, 7) is 2.81. The number of hydrogen-bond donors (Lipinski definition) is 2. The first-order chi connectivity index (χ1) is 6.70. The molecule has 0 saturated heterocycles. The maximum absolute atomic E-state index is 9.83. The summed E-state index contributed by atoms with van der Waals surface area (Å²) in [5.41, 5.74) is 0.793. The van der Waals surface area contributed by atoms with Crippen molar-refractivity contribution in [2.24, 2.45) is 0 Å². The maximum atomic E-state index is 9.83. The molecule has 0 bridgehead atoms. The Bertz CT molecular complexity index is 288. The van der Waals surface area contributed by atoms with Crippen LogP contribution in [0.25, 0.3) is 0 Å². The van der Waals surface area contributed by atoms with E-state index in [1.54, 1.807) is 10.9 Å². The quantitative estimate of drug-likeness (QED) is 0.845. The molecule has 0 aliphatic carbocycles. The van der Waals surface area contributed by atoms with Crippen molar-refractivity contribution in [1.82, 2.24) is 9.78 Å². The van der Waals surface area contributed by atoms with E-state index in [4.69, 9.17) is 5.11 Å². The van der Waals surface area contributed by atoms with E-state index in [1.807, 2.05) is 6.92 Å². The van der Waals surface area contributed by atoms with E-state index in [2.05, 4.69) is 21.0 Å². The van der Waals surface area contributed by atoms with Gasteiger partial charge in [0.2, 0.25) is 0 Å². The van der Waals surface area contributed by atoms with Crippen LogP contribution in [-0.4, -0.2) is 26.6 Å². The molecule has 0 saturated carbocycles. The number of nitrogens with zero attached hydrogens (tertiary/aromatic N) is 2. The summed E-state index contributed by atoms with van der Waals surface area (Å²) >= 11 is 3.34. The van der Waals surface area contributed by atoms with E-state index in [9.17, 15) is 5.11 Å². The Balaban J connectivity index is 2.76. The number of aryl methyl sites for hydroxylation is 1. The van der Waals surface area contributed by atoms with Crippen LogP contribution in [0.1, 0.15) is 31.6 Å². The number of aliphatic hydroxyl groups excluding tert-OH is 2. The molecule has 1 atom stereocenters. The van der Waals surface area contributed by atoms with Crippen molar-refractivity contribution >= 4 is 15.9 Å². The molecule has 1 heterocycles. The van der Waals surface area contributed by atoms with Gasteiger partial charge in [0.1, 0.15) is 0 Å². The van der Waals surface area contributed by atoms with E-state index in [0.717, 1.165) is 16.7 Å². The zero-order valence-electron chi connectivity index (χ0n) is 8.15. The molecule has 5 heteroatoms. The van der Waals surface area contributed by atoms with Crippen LogP contribution in [-0.2, 0) is 6.54 Å². The van der Waals surface area contributed by atoms with Gasteiger partial charge in [-0.3, -0.25) is 4.68 Å². The summed E-state index contributed by atoms with van der Waals surface area (Å²) < 4.78 is 2.58. The molecule has 0 amide bonds. The SMILES string of the molecule is CCn1ncc(Br)c1C(O)CCCO. The third-order valence-electron chi connectivity index (χ3n) is 2.08. The first-order valence-electron chi connectivity index (χ1n) is 4.70. The molecule has 2 N–H and O–H groups in total. The Morgan fingerprint density at radius 1 is 1.64 bits per heavy atom. The predicted octanol–water partition coefficient (Wildman–Crippen LogP) is 1.47. The minimum absolute atomic E-state index is 0.106. The lowest BCUT2D eigenvalue weighted by Gasteiger charge is -2.12. The van der Waals surface area contributed by atoms with Gasteiger partial charge >= 0.3 is 0 Å². The number of hydrogen-bond acceptors (Lipinski definition) is 3. The van der Waals surface area contributed by atoms with E-state index >= 15 is 0 Å². The van der Waals surface area contributed by atoms with E-state index < -0.39 is 6.10 Å². The molecule has 0 fully saturated rings. The molecule has 80 valence electrons. The van der Waals surface area contributed by atoms with E-state index in [1.165, 1.54) is 0 Å². The Kier molecular flexibility index (Phi) is 4.57. The van der Waals surface area contributed by atoms with E-state index in [-0.39, 0.29) is 6.61 Å². The number of halogens is 1. The third-order valence-corrected chi connectivity index (χ3v) is 2.70. The second-order valence-electron chi connectivity index (χ2n) is 3.08. The summed E-state index contributed by atoms with van der Waals surface area (Å²) in [5, 5.41) is 22.6. The highest BCUT2D eigenvalue weighted by Crippen LogP contribution is 2.26. The topological polar surface area (TPSA) is 58.3 Å². The van der Waals surface area contributed by atoms with Crippen LogP contribution in [0.5, 0.6) is 0 Å². The molecule has 0 aliphatic rings. The first kappa shape index (κ1) is 11.7. The van der Waals surface area contributed by atoms with Gasteiger partial charge in [-0.2, -0.15) is 5.10 Å². The number of rotatable bonds is 5. The second-order valence-corrected chi connectivity index (χ2v) is 3.93. The monoisotopic (exact) mass is 262 g/mol. The van der Waals surface area contributed by atoms with Gasteiger partial charge in [-0.05, 0) is 35.7 Å². The van der Waals surface area contributed by atoms with Crippen LogP contribution in [0.4, 0.5) is 0 Å². The smallest absolute Gasteiger partial charge is 0.0969 e. The average Bonchev–Trinajstić information content (AvgIpc) is 2.56. The fraction of sp³-hybridized carbons (Fsp3) is 0.667. The number of aromatic nitrogens is 2. The lowest BCUT2D eigenvalue weighted by molar-refractivity contribution is 0.141. The molecule has 4 nitrogen and oxygen atoms in total. The lowest BCUT2D eigenvalue weighted by Crippen LogP contribution is -2.09. The Morgan fingerprint density at radius 2 is 2.36 bits per heavy atom. The highest BCUT2D eigenvalue weighted by Gasteiger charge is 2.16. The Morgan fingerprint density at radius 3 is 2.93 bits per heavy atom. The summed E-state index contributed by atoms with van der Waals surface area (Å²) in [5.74, 6) is 0. The van der Waals surface area contributed by atoms with Gasteiger partial charge in [0.05, 0.1) is 22.5 Å². The van der Waals surface area contributed by atoms with Gasteiger partial charge < -0.3 is 10.2 Å². The van der Waals surface area contributed by atoms with Gasteiger partial charge in [-0.1, -0.05) is 0 Å². The lowest BCUT2D eigenvalue weighted by atomic mass is 10.1. The molecular weight excluding hydrogens is 248 g/mol. The first-order valence-corrected chi connectivity index (χ1v) is 5.50. The Hall–Kier alpha value is -0.390. The van der Waals surface area contributed by atoms with Crippen LogP contribution in [0.3, 0.4) is 0 Å². The molecule has 0 spiro atoms. The highest BCUT2D eigenvalue weighted by atomic mass is 79.9. The molecule has 0 radical (unpaired) electrons. The van der Waals surface area contributed by atoms with Gasteiger partial charge in [0.25, 0.3) is 0 Å².